The third kappa shape index (κ3) is 1.36. The first-order valence-corrected chi connectivity index (χ1v) is 6.54. The molecule has 0 aromatic heterocycles. The van der Waals surface area contributed by atoms with E-state index in [1.807, 2.05) is 0 Å². The van der Waals surface area contributed by atoms with Crippen molar-refractivity contribution in [1.82, 2.24) is 4.90 Å². The molecule has 16 heavy (non-hydrogen) atoms. The maximum Gasteiger partial charge on any atom is 0.192 e. The molecule has 0 saturated heterocycles. The minimum atomic E-state index is 0.201. The van der Waals surface area contributed by atoms with E-state index in [-0.39, 0.29) is 5.54 Å². The van der Waals surface area contributed by atoms with E-state index in [9.17, 15) is 0 Å². The molecule has 0 amide bonds. The summed E-state index contributed by atoms with van der Waals surface area (Å²) >= 11 is 0. The summed E-state index contributed by atoms with van der Waals surface area (Å²) in [6.07, 6.45) is 4.98. The van der Waals surface area contributed by atoms with Crippen LogP contribution in [-0.4, -0.2) is 29.0 Å². The summed E-state index contributed by atoms with van der Waals surface area (Å²) in [4.78, 5) is 6.95. The molecule has 0 bridgehead atoms. The van der Waals surface area contributed by atoms with Gasteiger partial charge in [0.15, 0.2) is 5.96 Å². The van der Waals surface area contributed by atoms with Crippen molar-refractivity contribution in [3.05, 3.63) is 0 Å². The van der Waals surface area contributed by atoms with Gasteiger partial charge in [-0.15, -0.1) is 0 Å². The first-order valence-electron chi connectivity index (χ1n) is 6.54. The molecule has 1 heterocycles. The molecule has 1 fully saturated rings. The minimum absolute atomic E-state index is 0.201. The Bertz CT molecular complexity index is 308. The van der Waals surface area contributed by atoms with Crippen LogP contribution in [0.2, 0.25) is 0 Å². The molecule has 2 unspecified atom stereocenters. The molecule has 1 spiro atoms. The highest BCUT2D eigenvalue weighted by Crippen LogP contribution is 2.52. The van der Waals surface area contributed by atoms with E-state index in [1.54, 1.807) is 0 Å². The van der Waals surface area contributed by atoms with Crippen LogP contribution in [0.1, 0.15) is 53.4 Å². The summed E-state index contributed by atoms with van der Waals surface area (Å²) in [5.74, 6) is 0.768. The molecule has 0 aromatic carbocycles. The van der Waals surface area contributed by atoms with Crippen molar-refractivity contribution in [3.63, 3.8) is 0 Å². The Morgan fingerprint density at radius 1 is 1.44 bits per heavy atom. The number of rotatable bonds is 2. The summed E-state index contributed by atoms with van der Waals surface area (Å²) in [6.45, 7) is 10.2. The number of hydrogen-bond donors (Lipinski definition) is 1. The lowest BCUT2D eigenvalue weighted by atomic mass is 9.73. The number of guanidine groups is 1. The lowest BCUT2D eigenvalue weighted by Crippen LogP contribution is -2.60. The molecular weight excluding hydrogens is 198 g/mol. The molecule has 2 aliphatic rings. The molecule has 0 radical (unpaired) electrons. The van der Waals surface area contributed by atoms with E-state index >= 15 is 0 Å². The maximum atomic E-state index is 6.11. The molecule has 2 rings (SSSR count). The summed E-state index contributed by atoms with van der Waals surface area (Å²) in [5, 5.41) is 0. The van der Waals surface area contributed by atoms with Gasteiger partial charge in [0, 0.05) is 6.04 Å². The largest absolute Gasteiger partial charge is 0.370 e. The lowest BCUT2D eigenvalue weighted by molar-refractivity contribution is 0.0569. The SMILES string of the molecule is CCC(C)N1C(N)=NCC12CCCC2(C)C. The molecule has 1 aliphatic heterocycles. The first-order chi connectivity index (χ1) is 7.44. The smallest absolute Gasteiger partial charge is 0.192 e. The zero-order chi connectivity index (χ0) is 12.0. The Morgan fingerprint density at radius 2 is 2.12 bits per heavy atom. The zero-order valence-corrected chi connectivity index (χ0v) is 11.1. The zero-order valence-electron chi connectivity index (χ0n) is 11.1. The van der Waals surface area contributed by atoms with Crippen LogP contribution >= 0.6 is 0 Å². The maximum absolute atomic E-state index is 6.11. The molecule has 2 atom stereocenters. The van der Waals surface area contributed by atoms with Crippen molar-refractivity contribution in [1.29, 1.82) is 0 Å². The van der Waals surface area contributed by atoms with Crippen molar-refractivity contribution in [2.75, 3.05) is 6.54 Å². The van der Waals surface area contributed by atoms with Gasteiger partial charge in [-0.25, -0.2) is 0 Å². The van der Waals surface area contributed by atoms with E-state index in [0.29, 0.717) is 11.5 Å². The average molecular weight is 223 g/mol. The highest BCUT2D eigenvalue weighted by atomic mass is 15.4. The number of hydrogen-bond acceptors (Lipinski definition) is 3. The van der Waals surface area contributed by atoms with Gasteiger partial charge in [0.25, 0.3) is 0 Å². The summed E-state index contributed by atoms with van der Waals surface area (Å²) in [6, 6.07) is 0.503. The summed E-state index contributed by atoms with van der Waals surface area (Å²) in [7, 11) is 0. The van der Waals surface area contributed by atoms with E-state index < -0.39 is 0 Å². The van der Waals surface area contributed by atoms with E-state index in [0.717, 1.165) is 18.9 Å². The van der Waals surface area contributed by atoms with Crippen molar-refractivity contribution in [2.45, 2.75) is 65.0 Å². The fourth-order valence-electron chi connectivity index (χ4n) is 3.55. The second kappa shape index (κ2) is 3.64. The predicted molar refractivity (Wildman–Crippen MR) is 68.4 cm³/mol. The number of nitrogens with zero attached hydrogens (tertiary/aromatic N) is 2. The van der Waals surface area contributed by atoms with E-state index in [2.05, 4.69) is 37.6 Å². The van der Waals surface area contributed by atoms with Crippen LogP contribution in [0, 0.1) is 5.41 Å². The minimum Gasteiger partial charge on any atom is -0.370 e. The predicted octanol–water partition coefficient (Wildman–Crippen LogP) is 2.36. The van der Waals surface area contributed by atoms with Gasteiger partial charge in [0.2, 0.25) is 0 Å². The Balaban J connectivity index is 2.35. The van der Waals surface area contributed by atoms with E-state index in [1.165, 1.54) is 19.3 Å². The van der Waals surface area contributed by atoms with Gasteiger partial charge in [-0.05, 0) is 31.6 Å². The van der Waals surface area contributed by atoms with Crippen molar-refractivity contribution in [3.8, 4) is 0 Å². The number of nitrogens with two attached hydrogens (primary N) is 1. The molecule has 3 nitrogen and oxygen atoms in total. The Kier molecular flexibility index (Phi) is 2.67. The third-order valence-corrected chi connectivity index (χ3v) is 4.89. The highest BCUT2D eigenvalue weighted by Gasteiger charge is 2.56. The van der Waals surface area contributed by atoms with Crippen LogP contribution in [0.3, 0.4) is 0 Å². The third-order valence-electron chi connectivity index (χ3n) is 4.89. The molecule has 1 saturated carbocycles. The highest BCUT2D eigenvalue weighted by molar-refractivity contribution is 5.81. The summed E-state index contributed by atoms with van der Waals surface area (Å²) in [5.41, 5.74) is 6.64. The lowest BCUT2D eigenvalue weighted by Gasteiger charge is -2.48. The van der Waals surface area contributed by atoms with Crippen LogP contribution in [0.25, 0.3) is 0 Å². The van der Waals surface area contributed by atoms with Gasteiger partial charge in [0.05, 0.1) is 12.1 Å². The Hall–Kier alpha value is -0.730. The second-order valence-electron chi connectivity index (χ2n) is 6.07. The van der Waals surface area contributed by atoms with Gasteiger partial charge in [-0.2, -0.15) is 0 Å². The van der Waals surface area contributed by atoms with Gasteiger partial charge in [0.1, 0.15) is 0 Å². The van der Waals surface area contributed by atoms with Crippen LogP contribution in [0.4, 0.5) is 0 Å². The Labute approximate surface area is 99.1 Å². The fraction of sp³-hybridized carbons (Fsp3) is 0.923. The molecule has 92 valence electrons. The average Bonchev–Trinajstić information content (AvgIpc) is 2.70. The second-order valence-corrected chi connectivity index (χ2v) is 6.07. The fourth-order valence-corrected chi connectivity index (χ4v) is 3.55. The van der Waals surface area contributed by atoms with E-state index in [4.69, 9.17) is 5.73 Å². The van der Waals surface area contributed by atoms with Crippen molar-refractivity contribution < 1.29 is 0 Å². The molecule has 1 aliphatic carbocycles. The van der Waals surface area contributed by atoms with Crippen molar-refractivity contribution >= 4 is 5.96 Å². The van der Waals surface area contributed by atoms with Crippen LogP contribution in [-0.2, 0) is 0 Å². The standard InChI is InChI=1S/C13H25N3/c1-5-10(2)16-11(14)15-9-13(16)8-6-7-12(13,3)4/h10H,5-9H2,1-4H3,(H2,14,15). The Morgan fingerprint density at radius 3 is 2.62 bits per heavy atom. The van der Waals surface area contributed by atoms with Crippen LogP contribution in [0.5, 0.6) is 0 Å². The van der Waals surface area contributed by atoms with Crippen molar-refractivity contribution in [2.24, 2.45) is 16.1 Å². The topological polar surface area (TPSA) is 41.6 Å². The molecule has 2 N–H and O–H groups in total. The molecular formula is C13H25N3. The molecule has 0 aromatic rings. The van der Waals surface area contributed by atoms with Gasteiger partial charge in [-0.1, -0.05) is 27.2 Å². The molecule has 3 heteroatoms. The first kappa shape index (κ1) is 11.7. The van der Waals surface area contributed by atoms with Gasteiger partial charge < -0.3 is 10.6 Å². The van der Waals surface area contributed by atoms with Crippen LogP contribution in [0.15, 0.2) is 4.99 Å². The van der Waals surface area contributed by atoms with Crippen LogP contribution < -0.4 is 5.73 Å². The monoisotopic (exact) mass is 223 g/mol. The number of aliphatic imine (C=N–C) groups is 1. The summed E-state index contributed by atoms with van der Waals surface area (Å²) < 4.78 is 0. The quantitative estimate of drug-likeness (QED) is 0.781. The van der Waals surface area contributed by atoms with Gasteiger partial charge in [-0.3, -0.25) is 4.99 Å². The normalized spacial score (nSPS) is 34.5. The van der Waals surface area contributed by atoms with Gasteiger partial charge >= 0.3 is 0 Å².